The molecule has 0 radical (unpaired) electrons. The number of primary amides is 1. The van der Waals surface area contributed by atoms with E-state index in [0.29, 0.717) is 23.3 Å². The Hall–Kier alpha value is -3.42. The third-order valence-electron chi connectivity index (χ3n) is 6.46. The topological polar surface area (TPSA) is 103 Å². The number of nitrogens with two attached hydrogens (primary N) is 1. The van der Waals surface area contributed by atoms with Gasteiger partial charge in [0.05, 0.1) is 17.5 Å². The van der Waals surface area contributed by atoms with Gasteiger partial charge in [-0.25, -0.2) is 4.98 Å². The molecule has 1 aromatic carbocycles. The molecule has 4 aromatic rings. The first-order chi connectivity index (χ1) is 15.1. The van der Waals surface area contributed by atoms with Crippen LogP contribution in [0.5, 0.6) is 0 Å². The minimum Gasteiger partial charge on any atom is -0.369 e. The van der Waals surface area contributed by atoms with Crippen LogP contribution < -0.4 is 10.6 Å². The van der Waals surface area contributed by atoms with Crippen LogP contribution in [0, 0.1) is 6.92 Å². The third kappa shape index (κ3) is 2.89. The second kappa shape index (κ2) is 6.80. The molecular weight excluding hydrogens is 392 g/mol. The van der Waals surface area contributed by atoms with Crippen LogP contribution >= 0.6 is 0 Å². The summed E-state index contributed by atoms with van der Waals surface area (Å²) in [4.78, 5) is 24.0. The summed E-state index contributed by atoms with van der Waals surface area (Å²) in [5.41, 5.74) is 10.1. The van der Waals surface area contributed by atoms with Crippen molar-refractivity contribution >= 4 is 28.3 Å². The number of benzene rings is 1. The summed E-state index contributed by atoms with van der Waals surface area (Å²) in [6.07, 6.45) is 4.66. The fraction of sp³-hybridized carbons (Fsp3) is 0.391. The zero-order chi connectivity index (χ0) is 21.1. The van der Waals surface area contributed by atoms with E-state index in [9.17, 15) is 4.79 Å². The van der Waals surface area contributed by atoms with E-state index in [0.717, 1.165) is 72.3 Å². The number of amides is 1. The van der Waals surface area contributed by atoms with Crippen molar-refractivity contribution < 1.29 is 9.32 Å². The van der Waals surface area contributed by atoms with Gasteiger partial charge in [-0.1, -0.05) is 23.4 Å². The van der Waals surface area contributed by atoms with E-state index in [-0.39, 0.29) is 12.3 Å². The van der Waals surface area contributed by atoms with Crippen LogP contribution in [0.2, 0.25) is 0 Å². The van der Waals surface area contributed by atoms with Gasteiger partial charge in [0, 0.05) is 24.4 Å². The summed E-state index contributed by atoms with van der Waals surface area (Å²) in [6, 6.07) is 8.13. The number of carbonyl (C=O) groups is 1. The third-order valence-corrected chi connectivity index (χ3v) is 6.46. The van der Waals surface area contributed by atoms with Gasteiger partial charge in [0.25, 0.3) is 0 Å². The van der Waals surface area contributed by atoms with Gasteiger partial charge in [0.1, 0.15) is 5.69 Å². The molecule has 2 aliphatic rings. The van der Waals surface area contributed by atoms with E-state index in [1.807, 2.05) is 25.1 Å². The quantitative estimate of drug-likeness (QED) is 0.535. The smallest absolute Gasteiger partial charge is 0.230 e. The molecule has 1 saturated carbocycles. The van der Waals surface area contributed by atoms with Gasteiger partial charge < -0.3 is 15.2 Å². The Labute approximate surface area is 179 Å². The number of carbonyl (C=O) groups excluding carboxylic acids is 1. The number of aromatic nitrogens is 4. The van der Waals surface area contributed by atoms with Crippen molar-refractivity contribution in [3.63, 3.8) is 0 Å². The summed E-state index contributed by atoms with van der Waals surface area (Å²) in [5.74, 6) is 2.11. The number of rotatable bonds is 5. The van der Waals surface area contributed by atoms with Gasteiger partial charge in [-0.05, 0) is 49.8 Å². The average molecular weight is 416 g/mol. The molecule has 8 nitrogen and oxygen atoms in total. The highest BCUT2D eigenvalue weighted by molar-refractivity contribution is 5.96. The Morgan fingerprint density at radius 3 is 2.71 bits per heavy atom. The molecule has 1 aliphatic heterocycles. The van der Waals surface area contributed by atoms with Gasteiger partial charge in [0.2, 0.25) is 23.6 Å². The maximum Gasteiger partial charge on any atom is 0.230 e. The number of fused-ring (bicyclic) bond motifs is 3. The minimum absolute atomic E-state index is 0.173. The van der Waals surface area contributed by atoms with Crippen LogP contribution in [0.1, 0.15) is 48.6 Å². The number of nitrogens with zero attached hydrogens (tertiary/aromatic N) is 5. The van der Waals surface area contributed by atoms with E-state index in [2.05, 4.69) is 25.5 Å². The van der Waals surface area contributed by atoms with Gasteiger partial charge in [0.15, 0.2) is 0 Å². The van der Waals surface area contributed by atoms with Gasteiger partial charge in [-0.3, -0.25) is 9.20 Å². The number of hydrogen-bond donors (Lipinski definition) is 1. The molecule has 0 atom stereocenters. The van der Waals surface area contributed by atoms with E-state index >= 15 is 0 Å². The molecule has 6 rings (SSSR count). The van der Waals surface area contributed by atoms with Gasteiger partial charge >= 0.3 is 0 Å². The van der Waals surface area contributed by atoms with E-state index in [1.165, 1.54) is 0 Å². The zero-order valence-electron chi connectivity index (χ0n) is 17.5. The van der Waals surface area contributed by atoms with Crippen molar-refractivity contribution in [1.82, 2.24) is 19.5 Å². The van der Waals surface area contributed by atoms with E-state index < -0.39 is 0 Å². The monoisotopic (exact) mass is 416 g/mol. The Bertz CT molecular complexity index is 1330. The van der Waals surface area contributed by atoms with E-state index in [4.69, 9.17) is 15.2 Å². The van der Waals surface area contributed by atoms with Gasteiger partial charge in [-0.2, -0.15) is 4.98 Å². The summed E-state index contributed by atoms with van der Waals surface area (Å²) in [6.45, 7) is 3.96. The predicted molar refractivity (Wildman–Crippen MR) is 117 cm³/mol. The zero-order valence-corrected chi connectivity index (χ0v) is 17.5. The van der Waals surface area contributed by atoms with Gasteiger partial charge in [-0.15, -0.1) is 0 Å². The number of imidazole rings is 1. The van der Waals surface area contributed by atoms with Crippen molar-refractivity contribution in [1.29, 1.82) is 0 Å². The molecule has 1 saturated heterocycles. The molecule has 4 heterocycles. The lowest BCUT2D eigenvalue weighted by atomic mass is 9.98. The molecule has 1 aliphatic carbocycles. The Morgan fingerprint density at radius 1 is 1.19 bits per heavy atom. The average Bonchev–Trinajstić information content (AvgIpc) is 3.18. The highest BCUT2D eigenvalue weighted by Gasteiger charge is 2.32. The van der Waals surface area contributed by atoms with E-state index in [1.54, 1.807) is 0 Å². The second-order valence-corrected chi connectivity index (χ2v) is 8.63. The largest absolute Gasteiger partial charge is 0.369 e. The van der Waals surface area contributed by atoms with Crippen molar-refractivity contribution in [2.45, 2.75) is 44.9 Å². The number of anilines is 1. The Morgan fingerprint density at radius 2 is 1.97 bits per heavy atom. The second-order valence-electron chi connectivity index (χ2n) is 8.63. The SMILES string of the molecule is Cc1c(CC(N)=O)c2ccccc2n2c(N3CCCC3)nc(-c3noc(C4CC4)n3)c12. The first kappa shape index (κ1) is 18.4. The van der Waals surface area contributed by atoms with Crippen molar-refractivity contribution in [3.05, 3.63) is 41.3 Å². The number of pyridine rings is 1. The molecule has 2 N–H and O–H groups in total. The summed E-state index contributed by atoms with van der Waals surface area (Å²) >= 11 is 0. The lowest BCUT2D eigenvalue weighted by molar-refractivity contribution is -0.117. The number of aryl methyl sites for hydroxylation is 1. The maximum atomic E-state index is 11.9. The molecule has 0 unspecified atom stereocenters. The van der Waals surface area contributed by atoms with Crippen molar-refractivity contribution in [2.24, 2.45) is 5.73 Å². The normalized spacial score (nSPS) is 16.6. The van der Waals surface area contributed by atoms with Crippen molar-refractivity contribution in [3.8, 4) is 11.5 Å². The standard InChI is InChI=1S/C23H24N6O2/c1-13-16(12-18(24)30)15-6-2-3-7-17(15)29-20(13)19(25-23(29)28-10-4-5-11-28)21-26-22(31-27-21)14-8-9-14/h2-3,6-7,14H,4-5,8-12H2,1H3,(H2,24,30). The molecule has 158 valence electrons. The highest BCUT2D eigenvalue weighted by Crippen LogP contribution is 2.41. The Balaban J connectivity index is 1.69. The first-order valence-corrected chi connectivity index (χ1v) is 10.9. The lowest BCUT2D eigenvalue weighted by Gasteiger charge is -2.19. The maximum absolute atomic E-state index is 11.9. The first-order valence-electron chi connectivity index (χ1n) is 10.9. The minimum atomic E-state index is -0.353. The lowest BCUT2D eigenvalue weighted by Crippen LogP contribution is -2.21. The number of hydrogen-bond acceptors (Lipinski definition) is 6. The van der Waals surface area contributed by atoms with Crippen LogP contribution in [0.4, 0.5) is 5.95 Å². The summed E-state index contributed by atoms with van der Waals surface area (Å²) in [5, 5.41) is 5.29. The molecule has 8 heteroatoms. The number of para-hydroxylation sites is 1. The van der Waals surface area contributed by atoms with Crippen LogP contribution in [0.3, 0.4) is 0 Å². The van der Waals surface area contributed by atoms with Crippen LogP contribution in [-0.4, -0.2) is 38.5 Å². The van der Waals surface area contributed by atoms with Crippen LogP contribution in [-0.2, 0) is 11.2 Å². The highest BCUT2D eigenvalue weighted by atomic mass is 16.5. The molecule has 31 heavy (non-hydrogen) atoms. The molecule has 0 bridgehead atoms. The van der Waals surface area contributed by atoms with Crippen molar-refractivity contribution in [2.75, 3.05) is 18.0 Å². The Kier molecular flexibility index (Phi) is 4.03. The molecule has 1 amide bonds. The van der Waals surface area contributed by atoms with Crippen LogP contribution in [0.25, 0.3) is 27.9 Å². The summed E-state index contributed by atoms with van der Waals surface area (Å²) < 4.78 is 7.75. The molecule has 3 aromatic heterocycles. The molecule has 0 spiro atoms. The molecular formula is C23H24N6O2. The molecule has 2 fully saturated rings. The fourth-order valence-corrected chi connectivity index (χ4v) is 4.77. The summed E-state index contributed by atoms with van der Waals surface area (Å²) in [7, 11) is 0. The fourth-order valence-electron chi connectivity index (χ4n) is 4.77. The van der Waals surface area contributed by atoms with Crippen LogP contribution in [0.15, 0.2) is 28.8 Å². The predicted octanol–water partition coefficient (Wildman–Crippen LogP) is 3.35.